The maximum atomic E-state index is 10.6. The summed E-state index contributed by atoms with van der Waals surface area (Å²) in [5, 5.41) is 23.0. The van der Waals surface area contributed by atoms with Crippen LogP contribution in [-0.2, 0) is 14.4 Å². The van der Waals surface area contributed by atoms with Crippen molar-refractivity contribution in [3.63, 3.8) is 0 Å². The molecule has 0 saturated carbocycles. The van der Waals surface area contributed by atoms with Crippen LogP contribution in [0.15, 0.2) is 101 Å². The number of alkyl halides is 9. The number of aliphatic carboxylic acids is 3. The van der Waals surface area contributed by atoms with Crippen molar-refractivity contribution in [1.29, 1.82) is 0 Å². The van der Waals surface area contributed by atoms with Gasteiger partial charge in [0.05, 0.1) is 39.3 Å². The highest BCUT2D eigenvalue weighted by Gasteiger charge is 2.39. The third-order valence-corrected chi connectivity index (χ3v) is 9.51. The van der Waals surface area contributed by atoms with Crippen LogP contribution in [-0.4, -0.2) is 135 Å². The molecule has 0 fully saturated rings. The molecule has 0 radical (unpaired) electrons. The lowest BCUT2D eigenvalue weighted by Crippen LogP contribution is -3.11. The van der Waals surface area contributed by atoms with E-state index in [-0.39, 0.29) is 7.43 Å². The molecule has 0 saturated heterocycles. The minimum Gasteiger partial charge on any atom is -0.542 e. The summed E-state index contributed by atoms with van der Waals surface area (Å²) < 4.78 is 95.0. The number of nitrogens with zero attached hydrogens (tertiary/aromatic N) is 2. The van der Waals surface area contributed by atoms with Gasteiger partial charge in [0, 0.05) is 26.2 Å². The molecule has 0 aromatic rings. The lowest BCUT2D eigenvalue weighted by atomic mass is 10.1. The number of carboxylic acids is 3. The van der Waals surface area contributed by atoms with E-state index in [0.717, 1.165) is 52.4 Å². The molecule has 0 aromatic carbocycles. The quantitative estimate of drug-likeness (QED) is 0.0274. The van der Waals surface area contributed by atoms with Crippen molar-refractivity contribution < 1.29 is 79.0 Å². The zero-order valence-corrected chi connectivity index (χ0v) is 40.9. The summed E-state index contributed by atoms with van der Waals surface area (Å²) in [6.45, 7) is 43.6. The molecule has 0 aromatic heterocycles. The van der Waals surface area contributed by atoms with Crippen molar-refractivity contribution in [2.75, 3.05) is 78.5 Å². The minimum absolute atomic E-state index is 0. The number of hydrogen-bond acceptors (Lipinski definition) is 6. The van der Waals surface area contributed by atoms with Crippen LogP contribution >= 0.6 is 0 Å². The van der Waals surface area contributed by atoms with Gasteiger partial charge in [-0.1, -0.05) is 122 Å². The molecule has 0 atom stereocenters. The van der Waals surface area contributed by atoms with E-state index in [4.69, 9.17) is 29.7 Å². The maximum absolute atomic E-state index is 10.6. The Kier molecular flexibility index (Phi) is 57.6. The molecule has 70 heavy (non-hydrogen) atoms. The second-order valence-corrected chi connectivity index (χ2v) is 15.7. The molecule has 0 unspecified atom stereocenters. The molecule has 0 aliphatic rings. The van der Waals surface area contributed by atoms with Crippen LogP contribution in [0, 0.1) is 0 Å². The fourth-order valence-electron chi connectivity index (χ4n) is 6.18. The van der Waals surface area contributed by atoms with Crippen LogP contribution < -0.4 is 14.9 Å². The molecule has 19 heteroatoms. The Hall–Kier alpha value is -4.46. The first-order valence-electron chi connectivity index (χ1n) is 23.3. The van der Waals surface area contributed by atoms with Gasteiger partial charge in [0.15, 0.2) is 0 Å². The molecule has 0 aliphatic carbocycles. The molecule has 4 N–H and O–H groups in total. The predicted octanol–water partition coefficient (Wildman–Crippen LogP) is 9.28. The summed E-state index contributed by atoms with van der Waals surface area (Å²) in [6, 6.07) is 0. The third kappa shape index (κ3) is 61.6. The second-order valence-electron chi connectivity index (χ2n) is 15.7. The fraction of sp³-hybridized carbons (Fsp3) is 0.627. The largest absolute Gasteiger partial charge is 0.542 e. The molecule has 0 aliphatic heterocycles. The van der Waals surface area contributed by atoms with E-state index in [1.807, 2.05) is 48.6 Å². The van der Waals surface area contributed by atoms with E-state index in [9.17, 15) is 39.5 Å². The molecular weight excluding hydrogens is 936 g/mol. The fourth-order valence-corrected chi connectivity index (χ4v) is 6.18. The van der Waals surface area contributed by atoms with E-state index in [1.165, 1.54) is 129 Å². The first-order chi connectivity index (χ1) is 32.4. The highest BCUT2D eigenvalue weighted by Crippen LogP contribution is 2.14. The smallest absolute Gasteiger partial charge is 0.490 e. The van der Waals surface area contributed by atoms with E-state index in [2.05, 4.69) is 62.4 Å². The predicted molar refractivity (Wildman–Crippen MR) is 265 cm³/mol. The number of carboxylic acid groups (broad SMARTS) is 3. The van der Waals surface area contributed by atoms with Crippen molar-refractivity contribution in [2.45, 2.75) is 129 Å². The number of hydrogen-bond donors (Lipinski definition) is 4. The first kappa shape index (κ1) is 77.0. The molecule has 0 rings (SSSR count). The van der Waals surface area contributed by atoms with Crippen molar-refractivity contribution in [3.05, 3.63) is 101 Å². The SMILES string of the molecule is C.C=CCN(CC=C)CCCCCCCCCCN(CC=C)CC=C.C=CC[NH+](CC=C)CCCCCCCCCC[NH+](CC=C)CC=C.O=C(O)C(F)(F)F.O=C(O)C(F)(F)F.O=C([O-])C(F)(F)F. The standard InChI is InChI=1S/2C22H40N2.3C2HF3O2.CH4/c2*1-5-17-23(18-6-2)21-15-13-11-9-10-12-14-16-22-24(19-7-3)20-8-4;3*3-2(4,5)1(6)7;/h2*5-8H,1-4,9-22H2;3*(H,6,7);1H4/p+1. The lowest BCUT2D eigenvalue weighted by Gasteiger charge is -2.18. The van der Waals surface area contributed by atoms with Crippen molar-refractivity contribution in [3.8, 4) is 0 Å². The van der Waals surface area contributed by atoms with Crippen molar-refractivity contribution in [1.82, 2.24) is 9.80 Å². The number of carbonyl (C=O) groups excluding carboxylic acids is 1. The van der Waals surface area contributed by atoms with Crippen LogP contribution in [0.25, 0.3) is 0 Å². The molecule has 410 valence electrons. The number of quaternary nitrogens is 2. The summed E-state index contributed by atoms with van der Waals surface area (Å²) in [7, 11) is 0. The Morgan fingerprint density at radius 1 is 0.400 bits per heavy atom. The van der Waals surface area contributed by atoms with Gasteiger partial charge < -0.3 is 29.9 Å². The van der Waals surface area contributed by atoms with Gasteiger partial charge in [-0.3, -0.25) is 9.80 Å². The number of nitrogens with one attached hydrogen (secondary N) is 2. The van der Waals surface area contributed by atoms with Gasteiger partial charge in [0.25, 0.3) is 0 Å². The van der Waals surface area contributed by atoms with Crippen molar-refractivity contribution in [2.24, 2.45) is 0 Å². The monoisotopic (exact) mass is 1020 g/mol. The number of rotatable bonds is 38. The summed E-state index contributed by atoms with van der Waals surface area (Å²) in [4.78, 5) is 34.6. The molecule has 0 heterocycles. The van der Waals surface area contributed by atoms with Gasteiger partial charge in [0.2, 0.25) is 0 Å². The van der Waals surface area contributed by atoms with Gasteiger partial charge >= 0.3 is 30.5 Å². The Balaban J connectivity index is -0.000000206. The minimum atomic E-state index is -5.19. The van der Waals surface area contributed by atoms with Crippen molar-refractivity contribution >= 4 is 17.9 Å². The number of unbranched alkanes of at least 4 members (excludes halogenated alkanes) is 14. The van der Waals surface area contributed by atoms with Crippen LogP contribution in [0.2, 0.25) is 0 Å². The summed E-state index contributed by atoms with van der Waals surface area (Å²) in [5.41, 5.74) is 0. The molecule has 10 nitrogen and oxygen atoms in total. The second kappa shape index (κ2) is 52.4. The highest BCUT2D eigenvalue weighted by atomic mass is 19.4. The number of halogens is 9. The van der Waals surface area contributed by atoms with Gasteiger partial charge in [-0.05, 0) is 75.9 Å². The third-order valence-electron chi connectivity index (χ3n) is 9.51. The summed E-state index contributed by atoms with van der Waals surface area (Å²) >= 11 is 0. The van der Waals surface area contributed by atoms with Gasteiger partial charge in [-0.2, -0.15) is 39.5 Å². The molecule has 0 amide bonds. The van der Waals surface area contributed by atoms with E-state index >= 15 is 0 Å². The van der Waals surface area contributed by atoms with E-state index < -0.39 is 36.4 Å². The zero-order valence-electron chi connectivity index (χ0n) is 40.9. The van der Waals surface area contributed by atoms with Crippen LogP contribution in [0.5, 0.6) is 0 Å². The van der Waals surface area contributed by atoms with Gasteiger partial charge in [0.1, 0.15) is 5.97 Å². The Bertz CT molecular complexity index is 1130. The first-order valence-corrected chi connectivity index (χ1v) is 23.3. The summed E-state index contributed by atoms with van der Waals surface area (Å²) in [5.74, 6) is -8.52. The Morgan fingerprint density at radius 2 is 0.586 bits per heavy atom. The van der Waals surface area contributed by atoms with Crippen LogP contribution in [0.4, 0.5) is 39.5 Å². The van der Waals surface area contributed by atoms with Crippen LogP contribution in [0.1, 0.15) is 110 Å². The molecule has 0 bridgehead atoms. The zero-order chi connectivity index (χ0) is 54.0. The normalized spacial score (nSPS) is 10.9. The average molecular weight is 1020 g/mol. The highest BCUT2D eigenvalue weighted by molar-refractivity contribution is 5.73. The topological polar surface area (TPSA) is 130 Å². The van der Waals surface area contributed by atoms with Gasteiger partial charge in [-0.25, -0.2) is 9.59 Å². The Morgan fingerprint density at radius 3 is 0.743 bits per heavy atom. The number of carbonyl (C=O) groups is 3. The molecular formula is C51H88F9N4O6+. The average Bonchev–Trinajstić information content (AvgIpc) is 3.25. The van der Waals surface area contributed by atoms with Gasteiger partial charge in [-0.15, -0.1) is 26.3 Å². The maximum Gasteiger partial charge on any atom is 0.490 e. The van der Waals surface area contributed by atoms with E-state index in [0.29, 0.717) is 0 Å². The van der Waals surface area contributed by atoms with Crippen LogP contribution in [0.3, 0.4) is 0 Å². The van der Waals surface area contributed by atoms with E-state index in [1.54, 1.807) is 9.80 Å². The molecule has 0 spiro atoms. The Labute approximate surface area is 414 Å². The summed E-state index contributed by atoms with van der Waals surface area (Å²) in [6.07, 6.45) is 22.4. The lowest BCUT2D eigenvalue weighted by molar-refractivity contribution is -0.888.